The fraction of sp³-hybridized carbons (Fsp3) is 0.400. The number of aromatic nitrogens is 4. The summed E-state index contributed by atoms with van der Waals surface area (Å²) in [5.41, 5.74) is 3.76. The molecule has 1 N–H and O–H groups in total. The monoisotopic (exact) mass is 509 g/mol. The van der Waals surface area contributed by atoms with E-state index in [1.165, 1.54) is 52.1 Å². The standard InChI is InChI=1S/C25H27N5OS3/c1-14-26-22(20-17-7-5-6-8-18(17)33-23(20)27-14)32-13-19(31)28-24-29-21(34-30-24)15-9-11-16(12-10-15)25(2,3)4/h9-12H,5-8,13H2,1-4H3,(H,28,30,31). The molecule has 6 nitrogen and oxygen atoms in total. The van der Waals surface area contributed by atoms with Crippen LogP contribution >= 0.6 is 34.6 Å². The van der Waals surface area contributed by atoms with E-state index < -0.39 is 0 Å². The van der Waals surface area contributed by atoms with Crippen LogP contribution in [-0.2, 0) is 23.1 Å². The molecule has 176 valence electrons. The van der Waals surface area contributed by atoms with Crippen LogP contribution in [0.1, 0.15) is 55.4 Å². The van der Waals surface area contributed by atoms with Crippen molar-refractivity contribution in [3.05, 3.63) is 46.1 Å². The van der Waals surface area contributed by atoms with Crippen LogP contribution < -0.4 is 5.32 Å². The van der Waals surface area contributed by atoms with E-state index in [2.05, 4.69) is 69.7 Å². The highest BCUT2D eigenvalue weighted by atomic mass is 32.2. The Morgan fingerprint density at radius 3 is 2.62 bits per heavy atom. The van der Waals surface area contributed by atoms with Gasteiger partial charge in [-0.25, -0.2) is 9.97 Å². The van der Waals surface area contributed by atoms with Gasteiger partial charge in [-0.3, -0.25) is 10.1 Å². The van der Waals surface area contributed by atoms with Gasteiger partial charge in [0.1, 0.15) is 20.7 Å². The summed E-state index contributed by atoms with van der Waals surface area (Å²) in [6.07, 6.45) is 4.63. The highest BCUT2D eigenvalue weighted by Crippen LogP contribution is 2.39. The van der Waals surface area contributed by atoms with Crippen LogP contribution in [0.2, 0.25) is 0 Å². The third kappa shape index (κ3) is 4.87. The average molecular weight is 510 g/mol. The minimum atomic E-state index is -0.133. The largest absolute Gasteiger partial charge is 0.293 e. The summed E-state index contributed by atoms with van der Waals surface area (Å²) in [4.78, 5) is 29.0. The van der Waals surface area contributed by atoms with Gasteiger partial charge in [0.15, 0.2) is 0 Å². The lowest BCUT2D eigenvalue weighted by atomic mass is 9.87. The topological polar surface area (TPSA) is 80.7 Å². The zero-order valence-corrected chi connectivity index (χ0v) is 22.2. The summed E-state index contributed by atoms with van der Waals surface area (Å²) in [7, 11) is 0. The van der Waals surface area contributed by atoms with E-state index in [0.717, 1.165) is 44.5 Å². The predicted octanol–water partition coefficient (Wildman–Crippen LogP) is 6.43. The normalized spacial score (nSPS) is 13.8. The Morgan fingerprint density at radius 1 is 1.09 bits per heavy atom. The number of thioether (sulfide) groups is 1. The number of anilines is 1. The molecule has 0 radical (unpaired) electrons. The van der Waals surface area contributed by atoms with Crippen molar-refractivity contribution >= 4 is 56.7 Å². The van der Waals surface area contributed by atoms with E-state index in [9.17, 15) is 4.79 Å². The third-order valence-corrected chi connectivity index (χ3v) is 8.83. The number of nitrogens with one attached hydrogen (secondary N) is 1. The number of hydrogen-bond acceptors (Lipinski definition) is 8. The zero-order valence-electron chi connectivity index (χ0n) is 19.8. The second-order valence-electron chi connectivity index (χ2n) is 9.55. The van der Waals surface area contributed by atoms with Crippen molar-refractivity contribution in [2.24, 2.45) is 0 Å². The maximum absolute atomic E-state index is 12.7. The van der Waals surface area contributed by atoms with Crippen molar-refractivity contribution in [3.8, 4) is 10.6 Å². The molecule has 4 aromatic rings. The summed E-state index contributed by atoms with van der Waals surface area (Å²) in [5, 5.41) is 5.69. The Balaban J connectivity index is 1.27. The predicted molar refractivity (Wildman–Crippen MR) is 142 cm³/mol. The lowest BCUT2D eigenvalue weighted by molar-refractivity contribution is -0.113. The maximum Gasteiger partial charge on any atom is 0.241 e. The van der Waals surface area contributed by atoms with Crippen molar-refractivity contribution in [2.75, 3.05) is 11.1 Å². The van der Waals surface area contributed by atoms with Gasteiger partial charge < -0.3 is 0 Å². The molecule has 1 amide bonds. The summed E-state index contributed by atoms with van der Waals surface area (Å²) in [5.74, 6) is 1.22. The first-order chi connectivity index (χ1) is 16.3. The molecule has 34 heavy (non-hydrogen) atoms. The lowest BCUT2D eigenvalue weighted by Gasteiger charge is -2.18. The quantitative estimate of drug-likeness (QED) is 0.247. The van der Waals surface area contributed by atoms with Gasteiger partial charge in [-0.05, 0) is 60.7 Å². The van der Waals surface area contributed by atoms with Crippen LogP contribution in [-0.4, -0.2) is 31.0 Å². The Bertz CT molecular complexity index is 1350. The highest BCUT2D eigenvalue weighted by molar-refractivity contribution is 8.00. The van der Waals surface area contributed by atoms with E-state index in [1.54, 1.807) is 11.3 Å². The van der Waals surface area contributed by atoms with Gasteiger partial charge in [0.05, 0.1) is 5.75 Å². The van der Waals surface area contributed by atoms with Gasteiger partial charge in [0.2, 0.25) is 11.9 Å². The molecule has 1 aromatic carbocycles. The first-order valence-electron chi connectivity index (χ1n) is 11.4. The highest BCUT2D eigenvalue weighted by Gasteiger charge is 2.21. The molecular weight excluding hydrogens is 483 g/mol. The molecular formula is C25H27N5OS3. The van der Waals surface area contributed by atoms with E-state index in [-0.39, 0.29) is 17.1 Å². The second-order valence-corrected chi connectivity index (χ2v) is 12.4. The van der Waals surface area contributed by atoms with E-state index in [0.29, 0.717) is 5.95 Å². The molecule has 0 unspecified atom stereocenters. The first-order valence-corrected chi connectivity index (χ1v) is 14.0. The Morgan fingerprint density at radius 2 is 1.85 bits per heavy atom. The number of rotatable bonds is 5. The summed E-state index contributed by atoms with van der Waals surface area (Å²) in [6.45, 7) is 8.50. The van der Waals surface area contributed by atoms with Gasteiger partial charge in [0, 0.05) is 15.8 Å². The Labute approximate surface area is 211 Å². The van der Waals surface area contributed by atoms with Crippen LogP contribution in [0, 0.1) is 6.92 Å². The SMILES string of the molecule is Cc1nc(SCC(=O)Nc2nsc(-c3ccc(C(C)(C)C)cc3)n2)c2c3c(sc2n1)CCCC3. The molecule has 3 aromatic heterocycles. The minimum absolute atomic E-state index is 0.104. The van der Waals surface area contributed by atoms with Crippen molar-refractivity contribution in [1.29, 1.82) is 0 Å². The van der Waals surface area contributed by atoms with E-state index in [1.807, 2.05) is 6.92 Å². The number of hydrogen-bond donors (Lipinski definition) is 1. The second kappa shape index (κ2) is 9.36. The van der Waals surface area contributed by atoms with Crippen LogP contribution in [0.15, 0.2) is 29.3 Å². The summed E-state index contributed by atoms with van der Waals surface area (Å²) < 4.78 is 4.34. The zero-order chi connectivity index (χ0) is 23.9. The number of amides is 1. The van der Waals surface area contributed by atoms with Crippen LogP contribution in [0.3, 0.4) is 0 Å². The average Bonchev–Trinajstić information content (AvgIpc) is 3.41. The van der Waals surface area contributed by atoms with E-state index >= 15 is 0 Å². The molecule has 1 aliphatic rings. The fourth-order valence-corrected chi connectivity index (χ4v) is 7.03. The molecule has 0 saturated carbocycles. The number of carbonyl (C=O) groups is 1. The smallest absolute Gasteiger partial charge is 0.241 e. The number of carbonyl (C=O) groups excluding carboxylic acids is 1. The molecule has 5 rings (SSSR count). The number of benzene rings is 1. The number of thiophene rings is 1. The molecule has 0 atom stereocenters. The van der Waals surface area contributed by atoms with E-state index in [4.69, 9.17) is 0 Å². The first kappa shape index (κ1) is 23.4. The van der Waals surface area contributed by atoms with Gasteiger partial charge in [-0.15, -0.1) is 11.3 Å². The molecule has 0 spiro atoms. The lowest BCUT2D eigenvalue weighted by Crippen LogP contribution is -2.15. The van der Waals surface area contributed by atoms with Crippen LogP contribution in [0.4, 0.5) is 5.95 Å². The van der Waals surface area contributed by atoms with Gasteiger partial charge in [-0.2, -0.15) is 9.36 Å². The van der Waals surface area contributed by atoms with Gasteiger partial charge >= 0.3 is 0 Å². The van der Waals surface area contributed by atoms with Crippen molar-refractivity contribution in [2.45, 2.75) is 63.8 Å². The molecule has 9 heteroatoms. The number of nitrogens with zero attached hydrogens (tertiary/aromatic N) is 4. The third-order valence-electron chi connectivity index (χ3n) is 5.91. The van der Waals surface area contributed by atoms with Gasteiger partial charge in [-0.1, -0.05) is 56.8 Å². The minimum Gasteiger partial charge on any atom is -0.293 e. The Kier molecular flexibility index (Phi) is 6.43. The molecule has 0 saturated heterocycles. The van der Waals surface area contributed by atoms with Crippen molar-refractivity contribution < 1.29 is 4.79 Å². The molecule has 0 bridgehead atoms. The summed E-state index contributed by atoms with van der Waals surface area (Å²) >= 11 is 4.54. The van der Waals surface area contributed by atoms with Crippen LogP contribution in [0.25, 0.3) is 20.8 Å². The van der Waals surface area contributed by atoms with Crippen molar-refractivity contribution in [1.82, 2.24) is 19.3 Å². The maximum atomic E-state index is 12.7. The summed E-state index contributed by atoms with van der Waals surface area (Å²) in [6, 6.07) is 8.37. The molecule has 0 aliphatic heterocycles. The van der Waals surface area contributed by atoms with Gasteiger partial charge in [0.25, 0.3) is 0 Å². The fourth-order valence-electron chi connectivity index (χ4n) is 4.13. The molecule has 3 heterocycles. The Hall–Kier alpha value is -2.36. The number of fused-ring (bicyclic) bond motifs is 3. The van der Waals surface area contributed by atoms with Crippen LogP contribution in [0.5, 0.6) is 0 Å². The molecule has 1 aliphatic carbocycles. The van der Waals surface area contributed by atoms with Crippen molar-refractivity contribution in [3.63, 3.8) is 0 Å². The molecule has 0 fully saturated rings. The number of aryl methyl sites for hydroxylation is 3.